The Kier molecular flexibility index (Phi) is 5.31. The number of rotatable bonds is 4. The zero-order chi connectivity index (χ0) is 13.7. The summed E-state index contributed by atoms with van der Waals surface area (Å²) in [7, 11) is 1.41. The van der Waals surface area contributed by atoms with Crippen LogP contribution < -0.4 is 0 Å². The third kappa shape index (κ3) is 4.00. The molecule has 0 N–H and O–H groups in total. The molecule has 1 heterocycles. The molecule has 1 amide bonds. The van der Waals surface area contributed by atoms with E-state index >= 15 is 0 Å². The number of ether oxygens (including phenoxy) is 1. The highest BCUT2D eigenvalue weighted by Crippen LogP contribution is 2.27. The van der Waals surface area contributed by atoms with Crippen molar-refractivity contribution in [2.75, 3.05) is 26.0 Å². The number of amides is 1. The Labute approximate surface area is 118 Å². The number of carbonyl (C=O) groups is 2. The van der Waals surface area contributed by atoms with Gasteiger partial charge in [0.25, 0.3) is 0 Å². The normalized spacial score (nSPS) is 26.5. The average Bonchev–Trinajstić information content (AvgIpc) is 2.93. The van der Waals surface area contributed by atoms with Crippen LogP contribution in [-0.2, 0) is 14.3 Å². The fourth-order valence-corrected chi connectivity index (χ4v) is 3.63. The maximum atomic E-state index is 12.3. The van der Waals surface area contributed by atoms with Crippen LogP contribution in [0.3, 0.4) is 0 Å². The number of esters is 1. The number of carbonyl (C=O) groups excluding carboxylic acids is 2. The topological polar surface area (TPSA) is 46.6 Å². The van der Waals surface area contributed by atoms with Gasteiger partial charge in [-0.1, -0.05) is 12.2 Å². The van der Waals surface area contributed by atoms with Gasteiger partial charge < -0.3 is 9.64 Å². The highest BCUT2D eigenvalue weighted by Gasteiger charge is 2.31. The number of hydrogen-bond acceptors (Lipinski definition) is 4. The molecule has 2 rings (SSSR count). The van der Waals surface area contributed by atoms with E-state index in [0.717, 1.165) is 38.8 Å². The van der Waals surface area contributed by atoms with Gasteiger partial charge in [-0.05, 0) is 25.7 Å². The van der Waals surface area contributed by atoms with Gasteiger partial charge in [-0.2, -0.15) is 0 Å². The van der Waals surface area contributed by atoms with Crippen LogP contribution in [-0.4, -0.2) is 48.0 Å². The van der Waals surface area contributed by atoms with Crippen LogP contribution in [0.15, 0.2) is 12.2 Å². The van der Waals surface area contributed by atoms with Gasteiger partial charge in [-0.3, -0.25) is 9.59 Å². The standard InChI is InChI=1S/C14H21NO3S/c1-18-13(16)10-19-12-7-8-15(9-12)14(17)11-5-3-2-4-6-11/h2-3,11-12H,4-10H2,1H3. The summed E-state index contributed by atoms with van der Waals surface area (Å²) in [6, 6.07) is 0. The van der Waals surface area contributed by atoms with Crippen molar-refractivity contribution in [3.8, 4) is 0 Å². The van der Waals surface area contributed by atoms with Crippen molar-refractivity contribution in [3.63, 3.8) is 0 Å². The van der Waals surface area contributed by atoms with Crippen molar-refractivity contribution in [1.82, 2.24) is 4.90 Å². The molecule has 0 bridgehead atoms. The summed E-state index contributed by atoms with van der Waals surface area (Å²) in [6.45, 7) is 1.61. The lowest BCUT2D eigenvalue weighted by atomic mass is 9.93. The molecule has 5 heteroatoms. The second kappa shape index (κ2) is 6.98. The number of likely N-dealkylation sites (tertiary alicyclic amines) is 1. The summed E-state index contributed by atoms with van der Waals surface area (Å²) in [6.07, 6.45) is 8.14. The average molecular weight is 283 g/mol. The molecule has 1 aliphatic carbocycles. The summed E-state index contributed by atoms with van der Waals surface area (Å²) in [5, 5.41) is 0.377. The first-order chi connectivity index (χ1) is 9.20. The number of nitrogens with zero attached hydrogens (tertiary/aromatic N) is 1. The molecule has 0 radical (unpaired) electrons. The molecule has 2 aliphatic rings. The lowest BCUT2D eigenvalue weighted by molar-refractivity contribution is -0.137. The van der Waals surface area contributed by atoms with Crippen LogP contribution in [0, 0.1) is 5.92 Å². The van der Waals surface area contributed by atoms with E-state index in [9.17, 15) is 9.59 Å². The Hall–Kier alpha value is -0.970. The van der Waals surface area contributed by atoms with E-state index in [2.05, 4.69) is 16.9 Å². The number of methoxy groups -OCH3 is 1. The minimum atomic E-state index is -0.188. The van der Waals surface area contributed by atoms with Gasteiger partial charge in [0.1, 0.15) is 0 Å². The van der Waals surface area contributed by atoms with Gasteiger partial charge in [0.05, 0.1) is 12.9 Å². The van der Waals surface area contributed by atoms with E-state index in [1.54, 1.807) is 11.8 Å². The minimum Gasteiger partial charge on any atom is -0.468 e. The Balaban J connectivity index is 1.76. The van der Waals surface area contributed by atoms with Crippen molar-refractivity contribution in [2.45, 2.75) is 30.9 Å². The van der Waals surface area contributed by atoms with Gasteiger partial charge >= 0.3 is 5.97 Å². The lowest BCUT2D eigenvalue weighted by Gasteiger charge is -2.24. The maximum absolute atomic E-state index is 12.3. The summed E-state index contributed by atoms with van der Waals surface area (Å²) < 4.78 is 4.63. The van der Waals surface area contributed by atoms with Crippen molar-refractivity contribution < 1.29 is 14.3 Å². The van der Waals surface area contributed by atoms with Crippen LogP contribution in [0.25, 0.3) is 0 Å². The summed E-state index contributed by atoms with van der Waals surface area (Å²) in [5.74, 6) is 0.669. The molecule has 19 heavy (non-hydrogen) atoms. The van der Waals surface area contributed by atoms with Gasteiger partial charge in [0, 0.05) is 24.3 Å². The van der Waals surface area contributed by atoms with Gasteiger partial charge in [0.15, 0.2) is 0 Å². The van der Waals surface area contributed by atoms with Gasteiger partial charge in [-0.15, -0.1) is 11.8 Å². The fourth-order valence-electron chi connectivity index (χ4n) is 2.59. The molecule has 0 aromatic rings. The molecular weight excluding hydrogens is 262 g/mol. The van der Waals surface area contributed by atoms with Crippen LogP contribution in [0.2, 0.25) is 0 Å². The monoisotopic (exact) mass is 283 g/mol. The SMILES string of the molecule is COC(=O)CSC1CCN(C(=O)C2CC=CCC2)C1. The molecule has 106 valence electrons. The molecule has 1 saturated heterocycles. The number of hydrogen-bond donors (Lipinski definition) is 0. The highest BCUT2D eigenvalue weighted by molar-refractivity contribution is 8.00. The van der Waals surface area contributed by atoms with E-state index in [0.29, 0.717) is 16.9 Å². The van der Waals surface area contributed by atoms with Crippen molar-refractivity contribution in [2.24, 2.45) is 5.92 Å². The summed E-state index contributed by atoms with van der Waals surface area (Å²) in [4.78, 5) is 25.4. The van der Waals surface area contributed by atoms with Crippen LogP contribution in [0.4, 0.5) is 0 Å². The van der Waals surface area contributed by atoms with Crippen molar-refractivity contribution >= 4 is 23.6 Å². The van der Waals surface area contributed by atoms with E-state index in [4.69, 9.17) is 0 Å². The largest absolute Gasteiger partial charge is 0.468 e. The number of thioether (sulfide) groups is 1. The molecule has 0 saturated carbocycles. The Bertz CT molecular complexity index is 370. The lowest BCUT2D eigenvalue weighted by Crippen LogP contribution is -2.35. The van der Waals surface area contributed by atoms with Crippen molar-refractivity contribution in [3.05, 3.63) is 12.2 Å². The molecule has 0 spiro atoms. The molecule has 2 unspecified atom stereocenters. The van der Waals surface area contributed by atoms with E-state index in [1.165, 1.54) is 7.11 Å². The van der Waals surface area contributed by atoms with Gasteiger partial charge in [0.2, 0.25) is 5.91 Å². The first kappa shape index (κ1) is 14.4. The smallest absolute Gasteiger partial charge is 0.315 e. The van der Waals surface area contributed by atoms with Gasteiger partial charge in [-0.25, -0.2) is 0 Å². The predicted molar refractivity (Wildman–Crippen MR) is 75.9 cm³/mol. The van der Waals surface area contributed by atoms with Crippen LogP contribution >= 0.6 is 11.8 Å². The molecule has 0 aromatic carbocycles. The third-order valence-electron chi connectivity index (χ3n) is 3.74. The van der Waals surface area contributed by atoms with E-state index in [1.807, 2.05) is 4.90 Å². The Morgan fingerprint density at radius 2 is 2.21 bits per heavy atom. The summed E-state index contributed by atoms with van der Waals surface area (Å²) in [5.41, 5.74) is 0. The summed E-state index contributed by atoms with van der Waals surface area (Å²) >= 11 is 1.60. The quantitative estimate of drug-likeness (QED) is 0.583. The first-order valence-electron chi connectivity index (χ1n) is 6.83. The number of allylic oxidation sites excluding steroid dienone is 2. The molecule has 1 aliphatic heterocycles. The zero-order valence-corrected chi connectivity index (χ0v) is 12.2. The maximum Gasteiger partial charge on any atom is 0.315 e. The minimum absolute atomic E-state index is 0.175. The van der Waals surface area contributed by atoms with E-state index < -0.39 is 0 Å². The van der Waals surface area contributed by atoms with Crippen LogP contribution in [0.5, 0.6) is 0 Å². The van der Waals surface area contributed by atoms with Crippen LogP contribution in [0.1, 0.15) is 25.7 Å². The molecule has 4 nitrogen and oxygen atoms in total. The van der Waals surface area contributed by atoms with E-state index in [-0.39, 0.29) is 11.9 Å². The second-order valence-electron chi connectivity index (χ2n) is 5.06. The Morgan fingerprint density at radius 1 is 1.37 bits per heavy atom. The molecule has 2 atom stereocenters. The first-order valence-corrected chi connectivity index (χ1v) is 7.87. The third-order valence-corrected chi connectivity index (χ3v) is 5.00. The molecule has 1 fully saturated rings. The predicted octanol–water partition coefficient (Wildman–Crippen LogP) is 1.85. The second-order valence-corrected chi connectivity index (χ2v) is 6.35. The Morgan fingerprint density at radius 3 is 2.89 bits per heavy atom. The zero-order valence-electron chi connectivity index (χ0n) is 11.3. The highest BCUT2D eigenvalue weighted by atomic mass is 32.2. The fraction of sp³-hybridized carbons (Fsp3) is 0.714. The molecular formula is C14H21NO3S. The molecule has 0 aromatic heterocycles. The van der Waals surface area contributed by atoms with Crippen molar-refractivity contribution in [1.29, 1.82) is 0 Å².